The molecule has 0 rings (SSSR count). The number of carbonyl (C=O) groups excluding carboxylic acids is 2. The topological polar surface area (TPSA) is 76.1 Å². The van der Waals surface area contributed by atoms with Gasteiger partial charge in [0.1, 0.15) is 6.10 Å². The smallest absolute Gasteiger partial charge is 0.308 e. The van der Waals surface area contributed by atoms with E-state index in [1.54, 1.807) is 0 Å². The minimum absolute atomic E-state index is 0.00455. The predicted octanol–water partition coefficient (Wildman–Crippen LogP) is 11.0. The fourth-order valence-corrected chi connectivity index (χ4v) is 6.17. The molecule has 0 bridgehead atoms. The Labute approximate surface area is 286 Å². The summed E-state index contributed by atoms with van der Waals surface area (Å²) in [4.78, 5) is 27.1. The van der Waals surface area contributed by atoms with E-state index in [0.717, 1.165) is 110 Å². The summed E-state index contributed by atoms with van der Waals surface area (Å²) in [5.41, 5.74) is 0. The van der Waals surface area contributed by atoms with Gasteiger partial charge in [-0.15, -0.1) is 0 Å². The first kappa shape index (κ1) is 44.9. The van der Waals surface area contributed by atoms with Gasteiger partial charge in [-0.25, -0.2) is 0 Å². The zero-order valence-electron chi connectivity index (χ0n) is 31.3. The Kier molecular flexibility index (Phi) is 34.3. The lowest BCUT2D eigenvalue weighted by molar-refractivity contribution is -0.150. The zero-order chi connectivity index (χ0) is 33.9. The SMILES string of the molecule is CCCCCCCCC(CCCCCCC)OC(=O)CCCCCCCN(CCO)CCCCCCC(C)C(=O)OCCCCC. The number of aliphatic hydroxyl groups excluding tert-OH is 1. The minimum Gasteiger partial charge on any atom is -0.465 e. The largest absolute Gasteiger partial charge is 0.465 e. The average Bonchev–Trinajstić information content (AvgIpc) is 3.05. The Bertz CT molecular complexity index is 658. The monoisotopic (exact) mass is 654 g/mol. The van der Waals surface area contributed by atoms with E-state index in [1.807, 2.05) is 6.92 Å². The van der Waals surface area contributed by atoms with Crippen LogP contribution in [0.2, 0.25) is 0 Å². The van der Waals surface area contributed by atoms with Gasteiger partial charge in [-0.3, -0.25) is 9.59 Å². The van der Waals surface area contributed by atoms with Gasteiger partial charge in [0.15, 0.2) is 0 Å². The molecule has 0 fully saturated rings. The second kappa shape index (κ2) is 35.2. The lowest BCUT2D eigenvalue weighted by Gasteiger charge is -2.21. The van der Waals surface area contributed by atoms with Gasteiger partial charge in [0.25, 0.3) is 0 Å². The molecule has 6 heteroatoms. The lowest BCUT2D eigenvalue weighted by Crippen LogP contribution is -2.29. The molecule has 0 saturated heterocycles. The molecule has 0 radical (unpaired) electrons. The summed E-state index contributed by atoms with van der Waals surface area (Å²) >= 11 is 0. The summed E-state index contributed by atoms with van der Waals surface area (Å²) in [6, 6.07) is 0. The van der Waals surface area contributed by atoms with E-state index in [9.17, 15) is 14.7 Å². The van der Waals surface area contributed by atoms with Gasteiger partial charge in [-0.05, 0) is 70.9 Å². The van der Waals surface area contributed by atoms with E-state index in [4.69, 9.17) is 9.47 Å². The van der Waals surface area contributed by atoms with E-state index in [-0.39, 0.29) is 30.6 Å². The lowest BCUT2D eigenvalue weighted by atomic mass is 10.0. The third-order valence-corrected chi connectivity index (χ3v) is 9.33. The highest BCUT2D eigenvalue weighted by Crippen LogP contribution is 2.18. The van der Waals surface area contributed by atoms with Crippen molar-refractivity contribution in [2.24, 2.45) is 5.92 Å². The summed E-state index contributed by atoms with van der Waals surface area (Å²) in [7, 11) is 0. The summed E-state index contributed by atoms with van der Waals surface area (Å²) in [6.45, 7) is 12.2. The van der Waals surface area contributed by atoms with Gasteiger partial charge >= 0.3 is 11.9 Å². The van der Waals surface area contributed by atoms with Gasteiger partial charge in [0, 0.05) is 13.0 Å². The Balaban J connectivity index is 4.03. The maximum atomic E-state index is 12.6. The molecule has 0 spiro atoms. The van der Waals surface area contributed by atoms with Crippen LogP contribution in [-0.2, 0) is 19.1 Å². The Morgan fingerprint density at radius 3 is 1.57 bits per heavy atom. The summed E-state index contributed by atoms with van der Waals surface area (Å²) in [5, 5.41) is 9.51. The quantitative estimate of drug-likeness (QED) is 0.0535. The first-order chi connectivity index (χ1) is 22.5. The van der Waals surface area contributed by atoms with Crippen LogP contribution in [0, 0.1) is 5.92 Å². The fourth-order valence-electron chi connectivity index (χ4n) is 6.17. The molecular formula is C40H79NO5. The Hall–Kier alpha value is -1.14. The number of hydrogen-bond donors (Lipinski definition) is 1. The average molecular weight is 654 g/mol. The van der Waals surface area contributed by atoms with Crippen molar-refractivity contribution in [3.05, 3.63) is 0 Å². The molecule has 0 aromatic heterocycles. The molecule has 1 N–H and O–H groups in total. The number of rotatable bonds is 36. The standard InChI is InChI=1S/C40H79NO5/c1-5-8-11-13-16-23-30-38(29-22-15-12-9-6-2)46-39(43)31-24-17-14-19-25-32-41(34-35-42)33-26-20-18-21-28-37(4)40(44)45-36-27-10-7-3/h37-38,42H,5-36H2,1-4H3. The van der Waals surface area contributed by atoms with Crippen molar-refractivity contribution >= 4 is 11.9 Å². The van der Waals surface area contributed by atoms with Gasteiger partial charge in [0.2, 0.25) is 0 Å². The first-order valence-electron chi connectivity index (χ1n) is 20.2. The molecule has 46 heavy (non-hydrogen) atoms. The third kappa shape index (κ3) is 30.2. The molecule has 2 unspecified atom stereocenters. The maximum absolute atomic E-state index is 12.6. The third-order valence-electron chi connectivity index (χ3n) is 9.33. The van der Waals surface area contributed by atoms with Crippen LogP contribution in [-0.4, -0.2) is 60.9 Å². The van der Waals surface area contributed by atoms with Gasteiger partial charge in [0.05, 0.1) is 19.1 Å². The number of carbonyl (C=O) groups is 2. The van der Waals surface area contributed by atoms with Crippen LogP contribution >= 0.6 is 0 Å². The predicted molar refractivity (Wildman–Crippen MR) is 195 cm³/mol. The van der Waals surface area contributed by atoms with Crippen LogP contribution < -0.4 is 0 Å². The molecule has 0 aliphatic carbocycles. The molecular weight excluding hydrogens is 574 g/mol. The van der Waals surface area contributed by atoms with Crippen LogP contribution in [0.5, 0.6) is 0 Å². The fraction of sp³-hybridized carbons (Fsp3) is 0.950. The zero-order valence-corrected chi connectivity index (χ0v) is 31.3. The highest BCUT2D eigenvalue weighted by molar-refractivity contribution is 5.71. The van der Waals surface area contributed by atoms with E-state index in [1.165, 1.54) is 77.0 Å². The molecule has 0 aliphatic heterocycles. The second-order valence-corrected chi connectivity index (χ2v) is 13.9. The normalized spacial score (nSPS) is 12.8. The summed E-state index contributed by atoms with van der Waals surface area (Å²) in [5.74, 6) is -0.0355. The molecule has 0 aromatic carbocycles. The van der Waals surface area contributed by atoms with Gasteiger partial charge in [-0.2, -0.15) is 0 Å². The van der Waals surface area contributed by atoms with Crippen LogP contribution in [0.4, 0.5) is 0 Å². The van der Waals surface area contributed by atoms with Crippen molar-refractivity contribution in [3.63, 3.8) is 0 Å². The first-order valence-corrected chi connectivity index (χ1v) is 20.2. The van der Waals surface area contributed by atoms with Crippen molar-refractivity contribution in [2.45, 2.75) is 207 Å². The summed E-state index contributed by atoms with van der Waals surface area (Å²) < 4.78 is 11.4. The van der Waals surface area contributed by atoms with Crippen molar-refractivity contribution in [3.8, 4) is 0 Å². The van der Waals surface area contributed by atoms with Crippen molar-refractivity contribution in [1.82, 2.24) is 4.90 Å². The highest BCUT2D eigenvalue weighted by atomic mass is 16.5. The van der Waals surface area contributed by atoms with E-state index in [2.05, 4.69) is 25.7 Å². The van der Waals surface area contributed by atoms with Crippen LogP contribution in [0.15, 0.2) is 0 Å². The number of esters is 2. The van der Waals surface area contributed by atoms with Crippen LogP contribution in [0.1, 0.15) is 201 Å². The van der Waals surface area contributed by atoms with Crippen molar-refractivity contribution < 1.29 is 24.2 Å². The van der Waals surface area contributed by atoms with Crippen molar-refractivity contribution in [2.75, 3.05) is 32.8 Å². The Morgan fingerprint density at radius 1 is 0.565 bits per heavy atom. The molecule has 274 valence electrons. The number of aliphatic hydroxyl groups is 1. The van der Waals surface area contributed by atoms with Crippen LogP contribution in [0.3, 0.4) is 0 Å². The van der Waals surface area contributed by atoms with E-state index >= 15 is 0 Å². The minimum atomic E-state index is -0.0407. The number of ether oxygens (including phenoxy) is 2. The number of hydrogen-bond acceptors (Lipinski definition) is 6. The molecule has 0 saturated carbocycles. The molecule has 0 amide bonds. The van der Waals surface area contributed by atoms with Crippen LogP contribution in [0.25, 0.3) is 0 Å². The van der Waals surface area contributed by atoms with Gasteiger partial charge < -0.3 is 19.5 Å². The number of nitrogens with zero attached hydrogens (tertiary/aromatic N) is 1. The maximum Gasteiger partial charge on any atom is 0.308 e. The molecule has 6 nitrogen and oxygen atoms in total. The summed E-state index contributed by atoms with van der Waals surface area (Å²) in [6.07, 6.45) is 30.8. The highest BCUT2D eigenvalue weighted by Gasteiger charge is 2.15. The van der Waals surface area contributed by atoms with E-state index in [0.29, 0.717) is 13.0 Å². The van der Waals surface area contributed by atoms with E-state index < -0.39 is 0 Å². The Morgan fingerprint density at radius 2 is 1.02 bits per heavy atom. The van der Waals surface area contributed by atoms with Crippen molar-refractivity contribution in [1.29, 1.82) is 0 Å². The second-order valence-electron chi connectivity index (χ2n) is 13.9. The molecule has 0 aromatic rings. The molecule has 0 aliphatic rings. The molecule has 0 heterocycles. The molecule has 2 atom stereocenters. The number of unbranched alkanes of at least 4 members (excludes halogenated alkanes) is 18. The van der Waals surface area contributed by atoms with Gasteiger partial charge in [-0.1, -0.05) is 137 Å².